The lowest BCUT2D eigenvalue weighted by atomic mass is 10.1. The van der Waals surface area contributed by atoms with Gasteiger partial charge in [0.05, 0.1) is 19.0 Å². The fraction of sp³-hybridized carbons (Fsp3) is 0.0435. The summed E-state index contributed by atoms with van der Waals surface area (Å²) in [5.74, 6) is 0.0251. The van der Waals surface area contributed by atoms with Gasteiger partial charge in [-0.05, 0) is 91.5 Å². The van der Waals surface area contributed by atoms with Crippen LogP contribution in [0.3, 0.4) is 0 Å². The summed E-state index contributed by atoms with van der Waals surface area (Å²) < 4.78 is 7.22. The van der Waals surface area contributed by atoms with Gasteiger partial charge in [0.15, 0.2) is 0 Å². The number of carbonyl (C=O) groups is 1. The van der Waals surface area contributed by atoms with Gasteiger partial charge in [0, 0.05) is 10.7 Å². The van der Waals surface area contributed by atoms with Gasteiger partial charge in [0.1, 0.15) is 24.0 Å². The van der Waals surface area contributed by atoms with Crippen LogP contribution in [0.5, 0.6) is 5.75 Å². The number of benzene rings is 3. The van der Waals surface area contributed by atoms with Gasteiger partial charge >= 0.3 is 0 Å². The number of nitriles is 1. The van der Waals surface area contributed by atoms with E-state index in [0.29, 0.717) is 47.6 Å². The van der Waals surface area contributed by atoms with Crippen molar-refractivity contribution in [1.29, 1.82) is 5.26 Å². The number of nitrogens with zero attached hydrogens (tertiary/aromatic N) is 1. The highest BCUT2D eigenvalue weighted by Gasteiger charge is 2.13. The molecule has 0 saturated heterocycles. The number of hydrogen-bond donors (Lipinski definition) is 1. The Kier molecular flexibility index (Phi) is 8.64. The minimum absolute atomic E-state index is 0.0790. The van der Waals surface area contributed by atoms with E-state index in [-0.39, 0.29) is 5.57 Å². The molecule has 0 saturated carbocycles. The number of amides is 1. The van der Waals surface area contributed by atoms with E-state index in [1.807, 2.05) is 18.2 Å². The zero-order valence-corrected chi connectivity index (χ0v) is 21.6. The van der Waals surface area contributed by atoms with Crippen LogP contribution in [0.2, 0.25) is 15.1 Å². The van der Waals surface area contributed by atoms with E-state index in [1.54, 1.807) is 36.4 Å². The molecule has 0 spiro atoms. The summed E-state index contributed by atoms with van der Waals surface area (Å²) >= 11 is 24.7. The standard InChI is InChI=1S/C23H13Br2Cl3N2O2/c24-18-8-14(9-19(25)22(18)32-12-13-1-3-16(26)4-2-13)7-15(11-29)23(31)30-17-5-6-20(27)21(28)10-17/h1-10H,12H2,(H,30,31)/b15-7+. The Morgan fingerprint density at radius 2 is 1.66 bits per heavy atom. The van der Waals surface area contributed by atoms with Crippen molar-refractivity contribution in [2.75, 3.05) is 5.32 Å². The molecule has 0 aliphatic heterocycles. The van der Waals surface area contributed by atoms with Crippen molar-refractivity contribution < 1.29 is 9.53 Å². The average Bonchev–Trinajstić information content (AvgIpc) is 2.75. The van der Waals surface area contributed by atoms with Crippen molar-refractivity contribution in [3.63, 3.8) is 0 Å². The molecule has 0 radical (unpaired) electrons. The van der Waals surface area contributed by atoms with E-state index in [1.165, 1.54) is 12.1 Å². The van der Waals surface area contributed by atoms with Crippen molar-refractivity contribution in [1.82, 2.24) is 0 Å². The van der Waals surface area contributed by atoms with Crippen LogP contribution in [0, 0.1) is 11.3 Å². The van der Waals surface area contributed by atoms with Gasteiger partial charge in [-0.2, -0.15) is 5.26 Å². The van der Waals surface area contributed by atoms with Crippen LogP contribution in [0.25, 0.3) is 6.08 Å². The van der Waals surface area contributed by atoms with E-state index >= 15 is 0 Å². The van der Waals surface area contributed by atoms with Crippen molar-refractivity contribution >= 4 is 84.3 Å². The van der Waals surface area contributed by atoms with Crippen LogP contribution >= 0.6 is 66.7 Å². The van der Waals surface area contributed by atoms with Crippen LogP contribution in [0.1, 0.15) is 11.1 Å². The predicted molar refractivity (Wildman–Crippen MR) is 136 cm³/mol. The Bertz CT molecular complexity index is 1220. The summed E-state index contributed by atoms with van der Waals surface area (Å²) in [6, 6.07) is 17.5. The molecular formula is C23H13Br2Cl3N2O2. The highest BCUT2D eigenvalue weighted by atomic mass is 79.9. The molecule has 0 fully saturated rings. The topological polar surface area (TPSA) is 62.1 Å². The Labute approximate surface area is 217 Å². The quantitative estimate of drug-likeness (QED) is 0.224. The second kappa shape index (κ2) is 11.2. The molecule has 1 N–H and O–H groups in total. The van der Waals surface area contributed by atoms with Crippen molar-refractivity contribution in [3.05, 3.63) is 95.3 Å². The summed E-state index contributed by atoms with van der Waals surface area (Å²) in [5, 5.41) is 13.4. The maximum Gasteiger partial charge on any atom is 0.266 e. The molecule has 0 bridgehead atoms. The van der Waals surface area contributed by atoms with E-state index in [4.69, 9.17) is 39.5 Å². The molecule has 0 heterocycles. The molecule has 1 amide bonds. The van der Waals surface area contributed by atoms with E-state index < -0.39 is 5.91 Å². The van der Waals surface area contributed by atoms with Crippen molar-refractivity contribution in [2.45, 2.75) is 6.61 Å². The minimum Gasteiger partial charge on any atom is -0.487 e. The molecule has 3 rings (SSSR count). The molecule has 0 aromatic heterocycles. The third-order valence-electron chi connectivity index (χ3n) is 4.17. The first-order valence-electron chi connectivity index (χ1n) is 9.01. The lowest BCUT2D eigenvalue weighted by Gasteiger charge is -2.12. The number of rotatable bonds is 6. The average molecular weight is 616 g/mol. The first kappa shape index (κ1) is 24.6. The lowest BCUT2D eigenvalue weighted by Crippen LogP contribution is -2.13. The van der Waals surface area contributed by atoms with Gasteiger partial charge in [-0.1, -0.05) is 46.9 Å². The Hall–Kier alpha value is -2.01. The molecule has 32 heavy (non-hydrogen) atoms. The van der Waals surface area contributed by atoms with Crippen molar-refractivity contribution in [3.8, 4) is 11.8 Å². The molecule has 0 aliphatic carbocycles. The molecule has 0 atom stereocenters. The van der Waals surface area contributed by atoms with E-state index in [9.17, 15) is 10.1 Å². The van der Waals surface area contributed by atoms with Crippen LogP contribution in [0.4, 0.5) is 5.69 Å². The number of hydrogen-bond acceptors (Lipinski definition) is 3. The number of ether oxygens (including phenoxy) is 1. The number of carbonyl (C=O) groups excluding carboxylic acids is 1. The molecule has 0 unspecified atom stereocenters. The maximum atomic E-state index is 12.5. The minimum atomic E-state index is -0.568. The van der Waals surface area contributed by atoms with Gasteiger partial charge in [0.25, 0.3) is 5.91 Å². The second-order valence-electron chi connectivity index (χ2n) is 6.48. The van der Waals surface area contributed by atoms with E-state index in [0.717, 1.165) is 5.56 Å². The molecule has 162 valence electrons. The molecule has 0 aliphatic rings. The zero-order chi connectivity index (χ0) is 23.3. The lowest BCUT2D eigenvalue weighted by molar-refractivity contribution is -0.112. The van der Waals surface area contributed by atoms with Crippen LogP contribution in [-0.4, -0.2) is 5.91 Å². The summed E-state index contributed by atoms with van der Waals surface area (Å²) in [6.07, 6.45) is 1.48. The van der Waals surface area contributed by atoms with Gasteiger partial charge in [-0.3, -0.25) is 4.79 Å². The maximum absolute atomic E-state index is 12.5. The van der Waals surface area contributed by atoms with Gasteiger partial charge in [0.2, 0.25) is 0 Å². The number of anilines is 1. The van der Waals surface area contributed by atoms with Crippen molar-refractivity contribution in [2.24, 2.45) is 0 Å². The SMILES string of the molecule is N#C/C(=C\c1cc(Br)c(OCc2ccc(Cl)cc2)c(Br)c1)C(=O)Nc1ccc(Cl)c(Cl)c1. The smallest absolute Gasteiger partial charge is 0.266 e. The normalized spacial score (nSPS) is 11.1. The van der Waals surface area contributed by atoms with Gasteiger partial charge in [-0.15, -0.1) is 0 Å². The summed E-state index contributed by atoms with van der Waals surface area (Å²) in [4.78, 5) is 12.5. The fourth-order valence-corrected chi connectivity index (χ4v) is 4.50. The third-order valence-corrected chi connectivity index (χ3v) is 6.34. The summed E-state index contributed by atoms with van der Waals surface area (Å²) in [6.45, 7) is 0.346. The first-order chi connectivity index (χ1) is 15.3. The summed E-state index contributed by atoms with van der Waals surface area (Å²) in [5.41, 5.74) is 1.94. The monoisotopic (exact) mass is 612 g/mol. The van der Waals surface area contributed by atoms with E-state index in [2.05, 4.69) is 37.2 Å². The van der Waals surface area contributed by atoms with Crippen LogP contribution in [0.15, 0.2) is 69.1 Å². The van der Waals surface area contributed by atoms with Crippen LogP contribution < -0.4 is 10.1 Å². The predicted octanol–water partition coefficient (Wildman–Crippen LogP) is 8.30. The summed E-state index contributed by atoms with van der Waals surface area (Å²) in [7, 11) is 0. The molecule has 9 heteroatoms. The Balaban J connectivity index is 1.77. The molecule has 3 aromatic rings. The molecule has 3 aromatic carbocycles. The highest BCUT2D eigenvalue weighted by Crippen LogP contribution is 2.36. The second-order valence-corrected chi connectivity index (χ2v) is 9.44. The molecule has 4 nitrogen and oxygen atoms in total. The fourth-order valence-electron chi connectivity index (χ4n) is 2.62. The Morgan fingerprint density at radius 1 is 1.00 bits per heavy atom. The highest BCUT2D eigenvalue weighted by molar-refractivity contribution is 9.11. The number of halogens is 5. The zero-order valence-electron chi connectivity index (χ0n) is 16.1. The van der Waals surface area contributed by atoms with Gasteiger partial charge < -0.3 is 10.1 Å². The largest absolute Gasteiger partial charge is 0.487 e. The van der Waals surface area contributed by atoms with Gasteiger partial charge in [-0.25, -0.2) is 0 Å². The van der Waals surface area contributed by atoms with Crippen LogP contribution in [-0.2, 0) is 11.4 Å². The number of nitrogens with one attached hydrogen (secondary N) is 1. The molecular weight excluding hydrogens is 602 g/mol. The third kappa shape index (κ3) is 6.50. The first-order valence-corrected chi connectivity index (χ1v) is 11.7. The Morgan fingerprint density at radius 3 is 2.25 bits per heavy atom.